The number of aryl methyl sites for hydroxylation is 1. The Hall–Kier alpha value is -2.95. The summed E-state index contributed by atoms with van der Waals surface area (Å²) >= 11 is 0. The Kier molecular flexibility index (Phi) is 3.83. The first-order valence-corrected chi connectivity index (χ1v) is 7.92. The number of aromatic nitrogens is 1. The molecule has 2 aromatic carbocycles. The Balaban J connectivity index is 1.36. The molecule has 5 heteroatoms. The predicted octanol–water partition coefficient (Wildman–Crippen LogP) is 3.76. The first-order chi connectivity index (χ1) is 11.8. The molecule has 1 aromatic heterocycles. The van der Waals surface area contributed by atoms with Crippen LogP contribution in [0.15, 0.2) is 48.5 Å². The lowest BCUT2D eigenvalue weighted by Crippen LogP contribution is -2.12. The van der Waals surface area contributed by atoms with E-state index in [1.807, 2.05) is 36.4 Å². The topological polar surface area (TPSA) is 52.6 Å². The third kappa shape index (κ3) is 2.93. The van der Waals surface area contributed by atoms with Crippen LogP contribution >= 0.6 is 0 Å². The second-order valence-electron chi connectivity index (χ2n) is 5.63. The number of nitrogens with one attached hydrogen (secondary N) is 1. The van der Waals surface area contributed by atoms with Crippen LogP contribution in [0.25, 0.3) is 10.9 Å². The van der Waals surface area contributed by atoms with Crippen LogP contribution in [0.2, 0.25) is 0 Å². The van der Waals surface area contributed by atoms with Crippen LogP contribution in [-0.2, 0) is 0 Å². The summed E-state index contributed by atoms with van der Waals surface area (Å²) in [6.07, 6.45) is 0. The van der Waals surface area contributed by atoms with Crippen molar-refractivity contribution in [1.82, 2.24) is 4.98 Å². The maximum atomic E-state index is 5.74. The van der Waals surface area contributed by atoms with Gasteiger partial charge in [0.1, 0.15) is 18.2 Å². The molecule has 1 N–H and O–H groups in total. The molecular weight excluding hydrogens is 304 g/mol. The SMILES string of the molecule is Cc1cc(NCCOc2ccc3c(c2)OCO3)nc2ccccc12. The molecule has 1 aliphatic rings. The number of rotatable bonds is 5. The average Bonchev–Trinajstić information content (AvgIpc) is 3.06. The zero-order valence-electron chi connectivity index (χ0n) is 13.4. The third-order valence-corrected chi connectivity index (χ3v) is 3.94. The summed E-state index contributed by atoms with van der Waals surface area (Å²) in [5.74, 6) is 3.12. The normalized spacial score (nSPS) is 12.4. The van der Waals surface area contributed by atoms with Crippen molar-refractivity contribution in [3.8, 4) is 17.2 Å². The van der Waals surface area contributed by atoms with Crippen molar-refractivity contribution in [3.63, 3.8) is 0 Å². The standard InChI is InChI=1S/C19H18N2O3/c1-13-10-19(21-16-5-3-2-4-15(13)16)20-8-9-22-14-6-7-17-18(11-14)24-12-23-17/h2-7,10-11H,8-9,12H2,1H3,(H,20,21). The molecule has 0 atom stereocenters. The van der Waals surface area contributed by atoms with E-state index in [4.69, 9.17) is 14.2 Å². The highest BCUT2D eigenvalue weighted by atomic mass is 16.7. The van der Waals surface area contributed by atoms with Crippen molar-refractivity contribution in [2.75, 3.05) is 25.3 Å². The van der Waals surface area contributed by atoms with Crippen LogP contribution in [0.1, 0.15) is 5.56 Å². The number of hydrogen-bond acceptors (Lipinski definition) is 5. The molecule has 24 heavy (non-hydrogen) atoms. The zero-order chi connectivity index (χ0) is 16.4. The highest BCUT2D eigenvalue weighted by Crippen LogP contribution is 2.35. The van der Waals surface area contributed by atoms with Gasteiger partial charge in [0.15, 0.2) is 11.5 Å². The molecule has 0 unspecified atom stereocenters. The van der Waals surface area contributed by atoms with Crippen molar-refractivity contribution >= 4 is 16.7 Å². The first-order valence-electron chi connectivity index (χ1n) is 7.92. The molecule has 5 nitrogen and oxygen atoms in total. The minimum absolute atomic E-state index is 0.271. The van der Waals surface area contributed by atoms with Gasteiger partial charge in [0, 0.05) is 11.5 Å². The number of fused-ring (bicyclic) bond motifs is 2. The summed E-state index contributed by atoms with van der Waals surface area (Å²) in [5.41, 5.74) is 2.21. The number of benzene rings is 2. The molecule has 122 valence electrons. The van der Waals surface area contributed by atoms with Gasteiger partial charge in [0.25, 0.3) is 0 Å². The second kappa shape index (κ2) is 6.28. The molecule has 0 saturated carbocycles. The summed E-state index contributed by atoms with van der Waals surface area (Å²) in [5, 5.41) is 4.49. The van der Waals surface area contributed by atoms with Gasteiger partial charge in [-0.2, -0.15) is 0 Å². The van der Waals surface area contributed by atoms with E-state index in [1.165, 1.54) is 10.9 Å². The van der Waals surface area contributed by atoms with Crippen molar-refractivity contribution in [1.29, 1.82) is 0 Å². The van der Waals surface area contributed by atoms with E-state index < -0.39 is 0 Å². The van der Waals surface area contributed by atoms with E-state index >= 15 is 0 Å². The van der Waals surface area contributed by atoms with Crippen molar-refractivity contribution < 1.29 is 14.2 Å². The number of ether oxygens (including phenoxy) is 3. The fourth-order valence-electron chi connectivity index (χ4n) is 2.75. The molecule has 0 amide bonds. The van der Waals surface area contributed by atoms with Crippen LogP contribution in [0.3, 0.4) is 0 Å². The zero-order valence-corrected chi connectivity index (χ0v) is 13.4. The van der Waals surface area contributed by atoms with Gasteiger partial charge in [-0.15, -0.1) is 0 Å². The number of hydrogen-bond donors (Lipinski definition) is 1. The lowest BCUT2D eigenvalue weighted by molar-refractivity contribution is 0.174. The Morgan fingerprint density at radius 3 is 2.92 bits per heavy atom. The first kappa shape index (κ1) is 14.6. The van der Waals surface area contributed by atoms with E-state index in [0.29, 0.717) is 13.2 Å². The van der Waals surface area contributed by atoms with Crippen molar-refractivity contribution in [3.05, 3.63) is 54.1 Å². The van der Waals surface area contributed by atoms with Gasteiger partial charge in [-0.1, -0.05) is 18.2 Å². The fourth-order valence-corrected chi connectivity index (χ4v) is 2.75. The van der Waals surface area contributed by atoms with Gasteiger partial charge in [-0.05, 0) is 36.8 Å². The fraction of sp³-hybridized carbons (Fsp3) is 0.211. The molecule has 0 aliphatic carbocycles. The van der Waals surface area contributed by atoms with Crippen LogP contribution in [0.5, 0.6) is 17.2 Å². The third-order valence-electron chi connectivity index (χ3n) is 3.94. The minimum atomic E-state index is 0.271. The molecule has 0 spiro atoms. The Labute approximate surface area is 140 Å². The van der Waals surface area contributed by atoms with Gasteiger partial charge in [-0.25, -0.2) is 4.98 Å². The number of anilines is 1. The quantitative estimate of drug-likeness (QED) is 0.725. The van der Waals surface area contributed by atoms with Gasteiger partial charge in [0.05, 0.1) is 12.1 Å². The Morgan fingerprint density at radius 2 is 1.96 bits per heavy atom. The number of nitrogens with zero attached hydrogens (tertiary/aromatic N) is 1. The van der Waals surface area contributed by atoms with Gasteiger partial charge in [0.2, 0.25) is 6.79 Å². The molecule has 1 aliphatic heterocycles. The van der Waals surface area contributed by atoms with Gasteiger partial charge in [-0.3, -0.25) is 0 Å². The molecule has 2 heterocycles. The molecule has 3 aromatic rings. The lowest BCUT2D eigenvalue weighted by Gasteiger charge is -2.10. The molecule has 0 radical (unpaired) electrons. The average molecular weight is 322 g/mol. The largest absolute Gasteiger partial charge is 0.492 e. The van der Waals surface area contributed by atoms with Crippen LogP contribution in [-0.4, -0.2) is 24.9 Å². The van der Waals surface area contributed by atoms with Crippen LogP contribution in [0, 0.1) is 6.92 Å². The Morgan fingerprint density at radius 1 is 1.08 bits per heavy atom. The van der Waals surface area contributed by atoms with E-state index in [2.05, 4.69) is 29.4 Å². The van der Waals surface area contributed by atoms with Gasteiger partial charge < -0.3 is 19.5 Å². The van der Waals surface area contributed by atoms with Crippen molar-refractivity contribution in [2.24, 2.45) is 0 Å². The summed E-state index contributed by atoms with van der Waals surface area (Å²) in [7, 11) is 0. The summed E-state index contributed by atoms with van der Waals surface area (Å²) in [6, 6.07) is 15.8. The monoisotopic (exact) mass is 322 g/mol. The molecule has 4 rings (SSSR count). The maximum Gasteiger partial charge on any atom is 0.231 e. The predicted molar refractivity (Wildman–Crippen MR) is 93.0 cm³/mol. The van der Waals surface area contributed by atoms with Crippen molar-refractivity contribution in [2.45, 2.75) is 6.92 Å². The highest BCUT2D eigenvalue weighted by molar-refractivity contribution is 5.83. The smallest absolute Gasteiger partial charge is 0.231 e. The second-order valence-corrected chi connectivity index (χ2v) is 5.63. The van der Waals surface area contributed by atoms with Crippen LogP contribution in [0.4, 0.5) is 5.82 Å². The maximum absolute atomic E-state index is 5.74. The molecule has 0 fully saturated rings. The van der Waals surface area contributed by atoms with E-state index in [-0.39, 0.29) is 6.79 Å². The van der Waals surface area contributed by atoms with E-state index in [0.717, 1.165) is 28.6 Å². The Bertz CT molecular complexity index is 880. The molecule has 0 bridgehead atoms. The number of pyridine rings is 1. The molecular formula is C19H18N2O3. The molecule has 0 saturated heterocycles. The van der Waals surface area contributed by atoms with Gasteiger partial charge >= 0.3 is 0 Å². The van der Waals surface area contributed by atoms with E-state index in [9.17, 15) is 0 Å². The van der Waals surface area contributed by atoms with Crippen LogP contribution < -0.4 is 19.5 Å². The summed E-state index contributed by atoms with van der Waals surface area (Å²) < 4.78 is 16.4. The highest BCUT2D eigenvalue weighted by Gasteiger charge is 2.13. The van der Waals surface area contributed by atoms with E-state index in [1.54, 1.807) is 0 Å². The number of para-hydroxylation sites is 1. The summed E-state index contributed by atoms with van der Waals surface area (Å²) in [4.78, 5) is 4.62. The summed E-state index contributed by atoms with van der Waals surface area (Å²) in [6.45, 7) is 3.57. The lowest BCUT2D eigenvalue weighted by atomic mass is 10.1. The minimum Gasteiger partial charge on any atom is -0.492 e.